The normalized spacial score (nSPS) is 14.7. The van der Waals surface area contributed by atoms with Crippen LogP contribution in [-0.2, 0) is 0 Å². The molecule has 0 spiro atoms. The molecule has 1 aliphatic rings. The molecule has 0 aliphatic carbocycles. The number of β-amino-alcohol motifs (C(OH)–C–C–N with tert-alkyl or cyclic N) is 1. The summed E-state index contributed by atoms with van der Waals surface area (Å²) in [6.07, 6.45) is 0. The van der Waals surface area contributed by atoms with Crippen molar-refractivity contribution in [3.63, 3.8) is 0 Å². The number of nitrogens with two attached hydrogens (primary N) is 1. The molecule has 0 saturated carbocycles. The molecule has 0 radical (unpaired) electrons. The number of aliphatic hydroxyl groups is 1. The summed E-state index contributed by atoms with van der Waals surface area (Å²) in [5, 5.41) is 8.76. The van der Waals surface area contributed by atoms with E-state index in [-0.39, 0.29) is 25.8 Å². The summed E-state index contributed by atoms with van der Waals surface area (Å²) < 4.78 is 5.35. The van der Waals surface area contributed by atoms with Gasteiger partial charge in [-0.15, -0.1) is 0 Å². The van der Waals surface area contributed by atoms with E-state index in [4.69, 9.17) is 15.6 Å². The molecule has 3 N–H and O–H groups in total. The summed E-state index contributed by atoms with van der Waals surface area (Å²) in [4.78, 5) is 13.3. The maximum absolute atomic E-state index is 11.8. The third kappa shape index (κ3) is 1.73. The first-order valence-electron chi connectivity index (χ1n) is 4.65. The Hall–Kier alpha value is -1.75. The summed E-state index contributed by atoms with van der Waals surface area (Å²) in [5.74, 6) is 0.390. The Kier molecular flexibility index (Phi) is 2.47. The van der Waals surface area contributed by atoms with Crippen LogP contribution in [-0.4, -0.2) is 35.8 Å². The molecule has 1 heterocycles. The van der Waals surface area contributed by atoms with Crippen molar-refractivity contribution >= 4 is 11.6 Å². The highest BCUT2D eigenvalue weighted by Crippen LogP contribution is 2.26. The maximum atomic E-state index is 11.8. The van der Waals surface area contributed by atoms with Gasteiger partial charge in [0.15, 0.2) is 6.73 Å². The summed E-state index contributed by atoms with van der Waals surface area (Å²) in [6, 6.07) is 4.95. The van der Waals surface area contributed by atoms with Gasteiger partial charge in [0.25, 0.3) is 5.91 Å². The Morgan fingerprint density at radius 2 is 2.33 bits per heavy atom. The predicted octanol–water partition coefficient (Wildman–Crippen LogP) is 0.0532. The Labute approximate surface area is 87.1 Å². The van der Waals surface area contributed by atoms with Gasteiger partial charge in [-0.05, 0) is 18.2 Å². The molecule has 0 aromatic heterocycles. The number of carbonyl (C=O) groups excluding carboxylic acids is 1. The number of hydrogen-bond acceptors (Lipinski definition) is 4. The van der Waals surface area contributed by atoms with E-state index >= 15 is 0 Å². The zero-order chi connectivity index (χ0) is 10.8. The number of benzene rings is 1. The number of carbonyl (C=O) groups is 1. The van der Waals surface area contributed by atoms with Crippen molar-refractivity contribution in [1.82, 2.24) is 4.90 Å². The minimum absolute atomic E-state index is 0.0766. The van der Waals surface area contributed by atoms with Crippen LogP contribution in [0.3, 0.4) is 0 Å². The Morgan fingerprint density at radius 3 is 3.07 bits per heavy atom. The molecule has 1 aliphatic heterocycles. The summed E-state index contributed by atoms with van der Waals surface area (Å²) in [6.45, 7) is 0.371. The first kappa shape index (κ1) is 9.79. The molecule has 0 atom stereocenters. The van der Waals surface area contributed by atoms with Crippen LogP contribution in [0.4, 0.5) is 5.69 Å². The van der Waals surface area contributed by atoms with Crippen molar-refractivity contribution in [3.05, 3.63) is 23.8 Å². The molecule has 2 rings (SSSR count). The number of rotatable bonds is 2. The van der Waals surface area contributed by atoms with Gasteiger partial charge in [0.2, 0.25) is 0 Å². The van der Waals surface area contributed by atoms with Crippen molar-refractivity contribution in [2.24, 2.45) is 0 Å². The molecule has 1 amide bonds. The number of ether oxygens (including phenoxy) is 1. The maximum Gasteiger partial charge on any atom is 0.260 e. The lowest BCUT2D eigenvalue weighted by molar-refractivity contribution is 0.0470. The molecule has 0 bridgehead atoms. The van der Waals surface area contributed by atoms with Crippen LogP contribution in [0.25, 0.3) is 0 Å². The third-order valence-corrected chi connectivity index (χ3v) is 2.27. The Morgan fingerprint density at radius 1 is 1.53 bits per heavy atom. The fourth-order valence-corrected chi connectivity index (χ4v) is 1.50. The average molecular weight is 208 g/mol. The molecule has 80 valence electrons. The number of fused-ring (bicyclic) bond motifs is 1. The molecule has 1 aromatic rings. The molecule has 15 heavy (non-hydrogen) atoms. The minimum Gasteiger partial charge on any atom is -0.472 e. The van der Waals surface area contributed by atoms with Crippen LogP contribution >= 0.6 is 0 Å². The van der Waals surface area contributed by atoms with Gasteiger partial charge in [0.05, 0.1) is 12.2 Å². The summed E-state index contributed by atoms with van der Waals surface area (Å²) in [5.41, 5.74) is 6.57. The molecule has 5 heteroatoms. The van der Waals surface area contributed by atoms with Crippen molar-refractivity contribution < 1.29 is 14.6 Å². The second kappa shape index (κ2) is 3.78. The van der Waals surface area contributed by atoms with Gasteiger partial charge in [-0.3, -0.25) is 4.79 Å². The third-order valence-electron chi connectivity index (χ3n) is 2.27. The van der Waals surface area contributed by atoms with Gasteiger partial charge in [0.1, 0.15) is 5.75 Å². The highest BCUT2D eigenvalue weighted by Gasteiger charge is 2.24. The largest absolute Gasteiger partial charge is 0.472 e. The molecule has 0 saturated heterocycles. The van der Waals surface area contributed by atoms with Crippen LogP contribution in [0, 0.1) is 0 Å². The van der Waals surface area contributed by atoms with Gasteiger partial charge in [-0.1, -0.05) is 0 Å². The van der Waals surface area contributed by atoms with Crippen molar-refractivity contribution in [2.75, 3.05) is 25.6 Å². The zero-order valence-corrected chi connectivity index (χ0v) is 8.14. The smallest absolute Gasteiger partial charge is 0.260 e. The zero-order valence-electron chi connectivity index (χ0n) is 8.14. The lowest BCUT2D eigenvalue weighted by Crippen LogP contribution is -2.40. The van der Waals surface area contributed by atoms with Gasteiger partial charge in [-0.25, -0.2) is 0 Å². The monoisotopic (exact) mass is 208 g/mol. The van der Waals surface area contributed by atoms with Crippen molar-refractivity contribution in [3.8, 4) is 5.75 Å². The van der Waals surface area contributed by atoms with E-state index in [0.717, 1.165) is 0 Å². The van der Waals surface area contributed by atoms with Gasteiger partial charge in [0, 0.05) is 12.2 Å². The van der Waals surface area contributed by atoms with Crippen LogP contribution < -0.4 is 10.5 Å². The topological polar surface area (TPSA) is 75.8 Å². The minimum atomic E-state index is -0.155. The van der Waals surface area contributed by atoms with E-state index in [2.05, 4.69) is 0 Å². The van der Waals surface area contributed by atoms with Crippen LogP contribution in [0.1, 0.15) is 10.4 Å². The number of amides is 1. The van der Waals surface area contributed by atoms with E-state index in [1.54, 1.807) is 18.2 Å². The SMILES string of the molecule is Nc1ccc2c(c1)C(=O)N(CCO)CO2. The molecule has 5 nitrogen and oxygen atoms in total. The van der Waals surface area contributed by atoms with Crippen molar-refractivity contribution in [2.45, 2.75) is 0 Å². The molecular weight excluding hydrogens is 196 g/mol. The van der Waals surface area contributed by atoms with Crippen LogP contribution in [0.15, 0.2) is 18.2 Å². The average Bonchev–Trinajstić information content (AvgIpc) is 2.23. The van der Waals surface area contributed by atoms with Crippen molar-refractivity contribution in [1.29, 1.82) is 0 Å². The number of anilines is 1. The molecule has 0 fully saturated rings. The Balaban J connectivity index is 2.32. The Bertz CT molecular complexity index is 392. The van der Waals surface area contributed by atoms with Crippen LogP contribution in [0.5, 0.6) is 5.75 Å². The molecule has 1 aromatic carbocycles. The standard InChI is InChI=1S/C10H12N2O3/c11-7-1-2-9-8(5-7)10(14)12(3-4-13)6-15-9/h1-2,5,13H,3-4,6,11H2. The predicted molar refractivity (Wildman–Crippen MR) is 54.5 cm³/mol. The fourth-order valence-electron chi connectivity index (χ4n) is 1.50. The number of nitrogens with zero attached hydrogens (tertiary/aromatic N) is 1. The second-order valence-corrected chi connectivity index (χ2v) is 3.32. The highest BCUT2D eigenvalue weighted by atomic mass is 16.5. The highest BCUT2D eigenvalue weighted by molar-refractivity contribution is 5.98. The molecular formula is C10H12N2O3. The number of nitrogen functional groups attached to an aromatic ring is 1. The van der Waals surface area contributed by atoms with E-state index in [1.807, 2.05) is 0 Å². The van der Waals surface area contributed by atoms with E-state index in [0.29, 0.717) is 17.0 Å². The van der Waals surface area contributed by atoms with Gasteiger partial charge >= 0.3 is 0 Å². The quantitative estimate of drug-likeness (QED) is 0.673. The first-order valence-corrected chi connectivity index (χ1v) is 4.65. The number of hydrogen-bond donors (Lipinski definition) is 2. The van der Waals surface area contributed by atoms with Gasteiger partial charge < -0.3 is 20.5 Å². The van der Waals surface area contributed by atoms with E-state index < -0.39 is 0 Å². The van der Waals surface area contributed by atoms with Gasteiger partial charge in [-0.2, -0.15) is 0 Å². The van der Waals surface area contributed by atoms with E-state index in [9.17, 15) is 4.79 Å². The lowest BCUT2D eigenvalue weighted by Gasteiger charge is -2.28. The number of aliphatic hydroxyl groups excluding tert-OH is 1. The lowest BCUT2D eigenvalue weighted by atomic mass is 10.1. The fraction of sp³-hybridized carbons (Fsp3) is 0.300. The summed E-state index contributed by atoms with van der Waals surface area (Å²) in [7, 11) is 0. The van der Waals surface area contributed by atoms with Crippen LogP contribution in [0.2, 0.25) is 0 Å². The summed E-state index contributed by atoms with van der Waals surface area (Å²) >= 11 is 0. The second-order valence-electron chi connectivity index (χ2n) is 3.32. The molecule has 0 unspecified atom stereocenters. The van der Waals surface area contributed by atoms with E-state index in [1.165, 1.54) is 4.90 Å². The first-order chi connectivity index (χ1) is 7.22.